The molecule has 2 aromatic rings. The van der Waals surface area contributed by atoms with E-state index in [1.54, 1.807) is 30.3 Å². The number of imide groups is 1. The molecule has 0 aromatic heterocycles. The van der Waals surface area contributed by atoms with E-state index in [2.05, 4.69) is 0 Å². The highest BCUT2D eigenvalue weighted by Gasteiger charge is 2.61. The fourth-order valence-electron chi connectivity index (χ4n) is 5.35. The van der Waals surface area contributed by atoms with Crippen LogP contribution in [0.25, 0.3) is 0 Å². The molecule has 9 heteroatoms. The van der Waals surface area contributed by atoms with Gasteiger partial charge in [0.25, 0.3) is 23.4 Å². The highest BCUT2D eigenvalue weighted by molar-refractivity contribution is 6.11. The second-order valence-electron chi connectivity index (χ2n) is 8.85. The number of nitrogens with zero attached hydrogens (tertiary/aromatic N) is 3. The lowest BCUT2D eigenvalue weighted by molar-refractivity contribution is -0.384. The van der Waals surface area contributed by atoms with E-state index < -0.39 is 46.3 Å². The van der Waals surface area contributed by atoms with E-state index in [-0.39, 0.29) is 23.1 Å². The van der Waals surface area contributed by atoms with Crippen molar-refractivity contribution in [1.82, 2.24) is 10.0 Å². The molecule has 1 saturated carbocycles. The van der Waals surface area contributed by atoms with E-state index in [4.69, 9.17) is 0 Å². The third-order valence-electron chi connectivity index (χ3n) is 7.00. The Morgan fingerprint density at radius 3 is 2.03 bits per heavy atom. The van der Waals surface area contributed by atoms with Gasteiger partial charge in [0.05, 0.1) is 16.8 Å². The standard InChI is InChI=1S/C25H21N3O6/c1-14(22(29)15-5-3-2-4-6-15)26(23(30)16-9-11-19(12-10-16)28(33)34)27-24(31)20-17-7-8-18(13-17)21(20)25(27)32/h2-12,14,17-18,20-21H,13H2,1H3/t14-,17-,18-,20-,21+/m0/s1. The molecule has 2 aromatic carbocycles. The Balaban J connectivity index is 1.54. The molecular weight excluding hydrogens is 438 g/mol. The summed E-state index contributed by atoms with van der Waals surface area (Å²) in [6, 6.07) is 12.0. The number of carbonyl (C=O) groups is 4. The SMILES string of the molecule is C[C@@H](C(=O)c1ccccc1)N(C(=O)c1ccc([N+](=O)[O-])cc1)N1C(=O)[C@@H]2[C@H](C1=O)[C@H]1C=C[C@H]2C1. The number of hydrogen-bond donors (Lipinski definition) is 0. The highest BCUT2D eigenvalue weighted by Crippen LogP contribution is 2.53. The van der Waals surface area contributed by atoms with Crippen molar-refractivity contribution in [2.24, 2.45) is 23.7 Å². The van der Waals surface area contributed by atoms with E-state index in [1.807, 2.05) is 12.2 Å². The van der Waals surface area contributed by atoms with E-state index in [0.717, 1.165) is 16.4 Å². The number of fused-ring (bicyclic) bond motifs is 5. The van der Waals surface area contributed by atoms with Gasteiger partial charge >= 0.3 is 0 Å². The minimum atomic E-state index is -1.16. The quantitative estimate of drug-likeness (QED) is 0.215. The number of nitro groups is 1. The van der Waals surface area contributed by atoms with Crippen LogP contribution in [0.5, 0.6) is 0 Å². The van der Waals surface area contributed by atoms with Crippen LogP contribution in [0, 0.1) is 33.8 Å². The Morgan fingerprint density at radius 2 is 1.50 bits per heavy atom. The number of hydrazine groups is 1. The maximum absolute atomic E-state index is 13.6. The fraction of sp³-hybridized carbons (Fsp3) is 0.280. The summed E-state index contributed by atoms with van der Waals surface area (Å²) in [6.07, 6.45) is 4.62. The topological polar surface area (TPSA) is 118 Å². The van der Waals surface area contributed by atoms with Gasteiger partial charge < -0.3 is 0 Å². The molecule has 2 aliphatic carbocycles. The number of amides is 3. The molecule has 0 spiro atoms. The van der Waals surface area contributed by atoms with Crippen molar-refractivity contribution in [3.05, 3.63) is 88.0 Å². The second kappa shape index (κ2) is 8.02. The summed E-state index contributed by atoms with van der Waals surface area (Å²) in [5.41, 5.74) is 0.150. The number of non-ortho nitro benzene ring substituents is 1. The molecule has 5 atom stereocenters. The van der Waals surface area contributed by atoms with Crippen LogP contribution in [0.4, 0.5) is 5.69 Å². The number of carbonyl (C=O) groups excluding carboxylic acids is 4. The van der Waals surface area contributed by atoms with Gasteiger partial charge in [-0.25, -0.2) is 5.01 Å². The van der Waals surface area contributed by atoms with Crippen LogP contribution in [0.1, 0.15) is 34.1 Å². The van der Waals surface area contributed by atoms with E-state index in [9.17, 15) is 29.3 Å². The zero-order chi connectivity index (χ0) is 24.1. The Bertz CT molecular complexity index is 1210. The van der Waals surface area contributed by atoms with Gasteiger partial charge in [0.15, 0.2) is 5.78 Å². The lowest BCUT2D eigenvalue weighted by Crippen LogP contribution is -2.56. The lowest BCUT2D eigenvalue weighted by Gasteiger charge is -2.35. The first kappa shape index (κ1) is 21.7. The van der Waals surface area contributed by atoms with Crippen molar-refractivity contribution in [2.45, 2.75) is 19.4 Å². The first-order chi connectivity index (χ1) is 16.3. The van der Waals surface area contributed by atoms with Crippen molar-refractivity contribution in [3.63, 3.8) is 0 Å². The average Bonchev–Trinajstić information content (AvgIpc) is 3.54. The molecule has 0 unspecified atom stereocenters. The van der Waals surface area contributed by atoms with E-state index >= 15 is 0 Å². The molecule has 34 heavy (non-hydrogen) atoms. The average molecular weight is 459 g/mol. The van der Waals surface area contributed by atoms with Gasteiger partial charge in [-0.1, -0.05) is 42.5 Å². The van der Waals surface area contributed by atoms with Gasteiger partial charge in [-0.3, -0.25) is 29.3 Å². The molecule has 2 bridgehead atoms. The number of nitro benzene ring substituents is 1. The lowest BCUT2D eigenvalue weighted by atomic mass is 9.85. The van der Waals surface area contributed by atoms with Gasteiger partial charge in [0.2, 0.25) is 0 Å². The van der Waals surface area contributed by atoms with Crippen molar-refractivity contribution in [2.75, 3.05) is 0 Å². The number of ketones is 1. The largest absolute Gasteiger partial charge is 0.292 e. The van der Waals surface area contributed by atoms with Gasteiger partial charge in [-0.15, -0.1) is 0 Å². The minimum absolute atomic E-state index is 0.0251. The normalized spacial score (nSPS) is 25.4. The zero-order valence-electron chi connectivity index (χ0n) is 18.2. The van der Waals surface area contributed by atoms with E-state index in [0.29, 0.717) is 5.56 Å². The van der Waals surface area contributed by atoms with Crippen LogP contribution in [0.15, 0.2) is 66.7 Å². The second-order valence-corrected chi connectivity index (χ2v) is 8.85. The van der Waals surface area contributed by atoms with Crippen molar-refractivity contribution in [3.8, 4) is 0 Å². The maximum Gasteiger partial charge on any atom is 0.273 e. The minimum Gasteiger partial charge on any atom is -0.292 e. The predicted octanol–water partition coefficient (Wildman–Crippen LogP) is 3.03. The Labute approximate surface area is 194 Å². The molecule has 2 fully saturated rings. The number of hydrogen-bond acceptors (Lipinski definition) is 6. The number of rotatable bonds is 6. The Morgan fingerprint density at radius 1 is 0.941 bits per heavy atom. The molecule has 5 rings (SSSR count). The smallest absolute Gasteiger partial charge is 0.273 e. The number of benzene rings is 2. The van der Waals surface area contributed by atoms with Gasteiger partial charge in [-0.05, 0) is 37.3 Å². The summed E-state index contributed by atoms with van der Waals surface area (Å²) in [6.45, 7) is 1.47. The predicted molar refractivity (Wildman–Crippen MR) is 119 cm³/mol. The summed E-state index contributed by atoms with van der Waals surface area (Å²) in [5.74, 6) is -3.39. The Hall–Kier alpha value is -4.14. The summed E-state index contributed by atoms with van der Waals surface area (Å²) in [7, 11) is 0. The van der Waals surface area contributed by atoms with Gasteiger partial charge in [0, 0.05) is 23.3 Å². The summed E-state index contributed by atoms with van der Waals surface area (Å²) < 4.78 is 0. The van der Waals surface area contributed by atoms with Crippen LogP contribution < -0.4 is 0 Å². The monoisotopic (exact) mass is 459 g/mol. The number of allylic oxidation sites excluding steroid dienone is 2. The molecule has 1 heterocycles. The highest BCUT2D eigenvalue weighted by atomic mass is 16.6. The van der Waals surface area contributed by atoms with Crippen LogP contribution >= 0.6 is 0 Å². The first-order valence-corrected chi connectivity index (χ1v) is 11.0. The van der Waals surface area contributed by atoms with Crippen molar-refractivity contribution in [1.29, 1.82) is 0 Å². The molecular formula is C25H21N3O6. The first-order valence-electron chi connectivity index (χ1n) is 11.0. The van der Waals surface area contributed by atoms with Gasteiger partial charge in [-0.2, -0.15) is 5.01 Å². The Kier molecular flexibility index (Phi) is 5.11. The van der Waals surface area contributed by atoms with Crippen molar-refractivity contribution >= 4 is 29.2 Å². The summed E-state index contributed by atoms with van der Waals surface area (Å²) in [4.78, 5) is 64.2. The van der Waals surface area contributed by atoms with E-state index in [1.165, 1.54) is 31.2 Å². The van der Waals surface area contributed by atoms with Crippen LogP contribution in [0.3, 0.4) is 0 Å². The van der Waals surface area contributed by atoms with Crippen molar-refractivity contribution < 1.29 is 24.1 Å². The molecule has 3 amide bonds. The molecule has 9 nitrogen and oxygen atoms in total. The van der Waals surface area contributed by atoms with Crippen LogP contribution in [-0.4, -0.2) is 44.5 Å². The maximum atomic E-state index is 13.6. The summed E-state index contributed by atoms with van der Waals surface area (Å²) >= 11 is 0. The summed E-state index contributed by atoms with van der Waals surface area (Å²) in [5, 5.41) is 12.8. The fourth-order valence-corrected chi connectivity index (χ4v) is 5.35. The molecule has 0 radical (unpaired) electrons. The third kappa shape index (κ3) is 3.23. The number of Topliss-reactive ketones (excluding diaryl/α,β-unsaturated/α-hetero) is 1. The molecule has 0 N–H and O–H groups in total. The zero-order valence-corrected chi connectivity index (χ0v) is 18.2. The molecule has 1 aliphatic heterocycles. The van der Waals surface area contributed by atoms with Crippen LogP contribution in [-0.2, 0) is 9.59 Å². The molecule has 3 aliphatic rings. The van der Waals surface area contributed by atoms with Crippen LogP contribution in [0.2, 0.25) is 0 Å². The molecule has 172 valence electrons. The third-order valence-corrected chi connectivity index (χ3v) is 7.00. The van der Waals surface area contributed by atoms with Gasteiger partial charge in [0.1, 0.15) is 6.04 Å². The molecule has 1 saturated heterocycles.